The quantitative estimate of drug-likeness (QED) is 0.446. The number of ether oxygens (including phenoxy) is 1. The number of carbonyl (C=O) groups is 1. The van der Waals surface area contributed by atoms with Gasteiger partial charge >= 0.3 is 5.97 Å². The van der Waals surface area contributed by atoms with Gasteiger partial charge in [0.15, 0.2) is 0 Å². The molecular weight excluding hydrogens is 384 g/mol. The Hall–Kier alpha value is -0.570. The Morgan fingerprint density at radius 3 is 2.45 bits per heavy atom. The fourth-order valence-corrected chi connectivity index (χ4v) is 7.78. The predicted octanol–water partition coefficient (Wildman–Crippen LogP) is 7.30. The zero-order chi connectivity index (χ0) is 22.4. The molecule has 0 amide bonds. The first kappa shape index (κ1) is 25.1. The van der Waals surface area contributed by atoms with Crippen molar-refractivity contribution in [1.82, 2.24) is 0 Å². The minimum absolute atomic E-state index is 0.0652. The molecule has 0 spiro atoms. The third kappa shape index (κ3) is 5.87. The van der Waals surface area contributed by atoms with Crippen LogP contribution in [0.3, 0.4) is 0 Å². The highest BCUT2D eigenvalue weighted by Crippen LogP contribution is 2.57. The third-order valence-electron chi connectivity index (χ3n) is 9.74. The summed E-state index contributed by atoms with van der Waals surface area (Å²) in [6, 6.07) is 0. The molecule has 7 unspecified atom stereocenters. The van der Waals surface area contributed by atoms with E-state index in [1.165, 1.54) is 64.2 Å². The molecule has 0 radical (unpaired) electrons. The van der Waals surface area contributed by atoms with E-state index in [2.05, 4.69) is 13.8 Å². The van der Waals surface area contributed by atoms with Crippen LogP contribution >= 0.6 is 0 Å². The van der Waals surface area contributed by atoms with E-state index in [-0.39, 0.29) is 23.6 Å². The zero-order valence-corrected chi connectivity index (χ0v) is 20.9. The van der Waals surface area contributed by atoms with Gasteiger partial charge in [0.1, 0.15) is 6.10 Å². The molecule has 0 aliphatic heterocycles. The summed E-state index contributed by atoms with van der Waals surface area (Å²) in [7, 11) is 0. The molecule has 1 N–H and O–H groups in total. The van der Waals surface area contributed by atoms with Crippen molar-refractivity contribution in [2.75, 3.05) is 0 Å². The normalized spacial score (nSPS) is 40.7. The van der Waals surface area contributed by atoms with E-state index in [0.29, 0.717) is 12.3 Å². The maximum Gasteiger partial charge on any atom is 0.306 e. The van der Waals surface area contributed by atoms with Crippen LogP contribution in [0.15, 0.2) is 0 Å². The Bertz CT molecular complexity index is 554. The molecule has 0 aromatic heterocycles. The van der Waals surface area contributed by atoms with Crippen molar-refractivity contribution in [2.45, 2.75) is 136 Å². The molecule has 3 heteroatoms. The number of hydrogen-bond donors (Lipinski definition) is 1. The van der Waals surface area contributed by atoms with Gasteiger partial charge < -0.3 is 9.84 Å². The fraction of sp³-hybridized carbons (Fsp3) is 0.964. The van der Waals surface area contributed by atoms with Gasteiger partial charge in [-0.2, -0.15) is 0 Å². The molecule has 4 rings (SSSR count). The van der Waals surface area contributed by atoms with Crippen LogP contribution in [0.2, 0.25) is 0 Å². The SMILES string of the molecule is CC.CCC1CC(O)CCC1C1CCC2(C)C(CCC2OC(=O)CCC2CCCC2)C1. The van der Waals surface area contributed by atoms with E-state index in [1.807, 2.05) is 13.8 Å². The minimum atomic E-state index is -0.0652. The van der Waals surface area contributed by atoms with Crippen molar-refractivity contribution >= 4 is 5.97 Å². The molecule has 0 heterocycles. The summed E-state index contributed by atoms with van der Waals surface area (Å²) < 4.78 is 6.11. The van der Waals surface area contributed by atoms with Gasteiger partial charge in [-0.1, -0.05) is 59.8 Å². The molecule has 7 atom stereocenters. The molecule has 0 bridgehead atoms. The Labute approximate surface area is 192 Å². The molecule has 4 aliphatic rings. The Morgan fingerprint density at radius 1 is 1.00 bits per heavy atom. The van der Waals surface area contributed by atoms with Crippen molar-refractivity contribution in [3.63, 3.8) is 0 Å². The Kier molecular flexibility index (Phi) is 9.32. The number of aliphatic hydroxyl groups excluding tert-OH is 1. The third-order valence-corrected chi connectivity index (χ3v) is 9.74. The minimum Gasteiger partial charge on any atom is -0.462 e. The number of rotatable bonds is 6. The van der Waals surface area contributed by atoms with Crippen molar-refractivity contribution in [3.8, 4) is 0 Å². The molecule has 4 fully saturated rings. The van der Waals surface area contributed by atoms with Gasteiger partial charge in [-0.05, 0) is 87.4 Å². The second-order valence-electron chi connectivity index (χ2n) is 11.3. The lowest BCUT2D eigenvalue weighted by molar-refractivity contribution is -0.157. The van der Waals surface area contributed by atoms with Crippen LogP contribution in [0.4, 0.5) is 0 Å². The number of aliphatic hydroxyl groups is 1. The van der Waals surface area contributed by atoms with Crippen LogP contribution in [-0.4, -0.2) is 23.3 Å². The number of fused-ring (bicyclic) bond motifs is 1. The van der Waals surface area contributed by atoms with Crippen molar-refractivity contribution in [2.24, 2.45) is 35.0 Å². The molecule has 0 aromatic rings. The fourth-order valence-electron chi connectivity index (χ4n) is 7.78. The van der Waals surface area contributed by atoms with Gasteiger partial charge in [0.05, 0.1) is 6.10 Å². The lowest BCUT2D eigenvalue weighted by atomic mass is 9.59. The summed E-state index contributed by atoms with van der Waals surface area (Å²) in [6.45, 7) is 8.72. The lowest BCUT2D eigenvalue weighted by Crippen LogP contribution is -2.43. The van der Waals surface area contributed by atoms with Gasteiger partial charge in [-0.3, -0.25) is 4.79 Å². The summed E-state index contributed by atoms with van der Waals surface area (Å²) in [5.74, 6) is 3.89. The first-order valence-electron chi connectivity index (χ1n) is 13.9. The molecule has 3 nitrogen and oxygen atoms in total. The average Bonchev–Trinajstić information content (AvgIpc) is 3.41. The highest BCUT2D eigenvalue weighted by Gasteiger charge is 2.52. The maximum absolute atomic E-state index is 12.6. The maximum atomic E-state index is 12.6. The highest BCUT2D eigenvalue weighted by molar-refractivity contribution is 5.69. The molecule has 0 aromatic carbocycles. The van der Waals surface area contributed by atoms with Gasteiger partial charge in [0.2, 0.25) is 0 Å². The van der Waals surface area contributed by atoms with E-state index < -0.39 is 0 Å². The highest BCUT2D eigenvalue weighted by atomic mass is 16.5. The summed E-state index contributed by atoms with van der Waals surface area (Å²) >= 11 is 0. The lowest BCUT2D eigenvalue weighted by Gasteiger charge is -2.47. The first-order chi connectivity index (χ1) is 15.0. The van der Waals surface area contributed by atoms with Crippen LogP contribution in [0.25, 0.3) is 0 Å². The van der Waals surface area contributed by atoms with E-state index >= 15 is 0 Å². The van der Waals surface area contributed by atoms with Gasteiger partial charge in [-0.15, -0.1) is 0 Å². The molecule has 180 valence electrons. The van der Waals surface area contributed by atoms with E-state index in [4.69, 9.17) is 4.74 Å². The second-order valence-corrected chi connectivity index (χ2v) is 11.3. The molecule has 4 aliphatic carbocycles. The number of hydrogen-bond acceptors (Lipinski definition) is 3. The monoisotopic (exact) mass is 434 g/mol. The summed E-state index contributed by atoms with van der Waals surface area (Å²) in [6.07, 6.45) is 17.7. The smallest absolute Gasteiger partial charge is 0.306 e. The van der Waals surface area contributed by atoms with Crippen molar-refractivity contribution in [3.05, 3.63) is 0 Å². The van der Waals surface area contributed by atoms with E-state index in [1.54, 1.807) is 0 Å². The van der Waals surface area contributed by atoms with Crippen LogP contribution < -0.4 is 0 Å². The van der Waals surface area contributed by atoms with Crippen LogP contribution in [-0.2, 0) is 9.53 Å². The molecular formula is C28H50O3. The predicted molar refractivity (Wildman–Crippen MR) is 128 cm³/mol. The molecule has 4 saturated carbocycles. The number of esters is 1. The largest absolute Gasteiger partial charge is 0.462 e. The average molecular weight is 435 g/mol. The summed E-state index contributed by atoms with van der Waals surface area (Å²) in [5.41, 5.74) is 0.204. The van der Waals surface area contributed by atoms with E-state index in [9.17, 15) is 9.90 Å². The van der Waals surface area contributed by atoms with Crippen LogP contribution in [0.5, 0.6) is 0 Å². The Morgan fingerprint density at radius 2 is 1.74 bits per heavy atom. The van der Waals surface area contributed by atoms with Crippen LogP contribution in [0.1, 0.15) is 124 Å². The summed E-state index contributed by atoms with van der Waals surface area (Å²) in [4.78, 5) is 12.6. The Balaban J connectivity index is 0.00000132. The first-order valence-corrected chi connectivity index (χ1v) is 13.9. The zero-order valence-electron chi connectivity index (χ0n) is 20.9. The number of carbonyl (C=O) groups excluding carboxylic acids is 1. The van der Waals surface area contributed by atoms with Crippen LogP contribution in [0, 0.1) is 35.0 Å². The summed E-state index contributed by atoms with van der Waals surface area (Å²) in [5, 5.41) is 10.1. The standard InChI is InChI=1S/C26H44O3.C2H6/c1-3-19-17-22(27)10-11-23(19)20-14-15-26(2)21(16-20)9-12-24(26)29-25(28)13-8-18-6-4-5-7-18;1-2/h18-24,27H,3-17H2,1-2H3;1-2H3. The van der Waals surface area contributed by atoms with Crippen molar-refractivity contribution < 1.29 is 14.6 Å². The topological polar surface area (TPSA) is 46.5 Å². The van der Waals surface area contributed by atoms with Gasteiger partial charge in [0, 0.05) is 11.8 Å². The second kappa shape index (κ2) is 11.5. The van der Waals surface area contributed by atoms with Gasteiger partial charge in [-0.25, -0.2) is 0 Å². The molecule has 31 heavy (non-hydrogen) atoms. The van der Waals surface area contributed by atoms with Gasteiger partial charge in [0.25, 0.3) is 0 Å². The van der Waals surface area contributed by atoms with E-state index in [0.717, 1.165) is 49.4 Å². The van der Waals surface area contributed by atoms with Crippen molar-refractivity contribution in [1.29, 1.82) is 0 Å². The molecule has 0 saturated heterocycles.